The van der Waals surface area contributed by atoms with E-state index < -0.39 is 0 Å². The Morgan fingerprint density at radius 1 is 1.19 bits per heavy atom. The highest BCUT2D eigenvalue weighted by atomic mass is 79.9. The molecule has 0 amide bonds. The Hall–Kier alpha value is -0.720. The van der Waals surface area contributed by atoms with E-state index in [0.717, 1.165) is 4.47 Å². The van der Waals surface area contributed by atoms with E-state index in [1.54, 1.807) is 12.4 Å². The van der Waals surface area contributed by atoms with Gasteiger partial charge < -0.3 is 14.2 Å². The average Bonchev–Trinajstić information content (AvgIpc) is 2.29. The molecule has 0 N–H and O–H groups in total. The van der Waals surface area contributed by atoms with E-state index in [4.69, 9.17) is 14.2 Å². The minimum atomic E-state index is -0.373. The normalized spacial score (nSPS) is 10.8. The second-order valence-electron chi connectivity index (χ2n) is 2.84. The van der Waals surface area contributed by atoms with Crippen LogP contribution in [0.1, 0.15) is 13.8 Å². The number of hydrogen-bond donors (Lipinski definition) is 0. The van der Waals surface area contributed by atoms with Gasteiger partial charge in [0.15, 0.2) is 6.29 Å². The van der Waals surface area contributed by atoms with Gasteiger partial charge in [-0.2, -0.15) is 0 Å². The number of halogens is 1. The van der Waals surface area contributed by atoms with Crippen LogP contribution in [0.3, 0.4) is 0 Å². The SMILES string of the molecule is CCOC(COc1ncc(Br)cn1)OCC. The molecule has 0 aliphatic rings. The Morgan fingerprint density at radius 2 is 1.75 bits per heavy atom. The van der Waals surface area contributed by atoms with Gasteiger partial charge in [0.2, 0.25) is 0 Å². The van der Waals surface area contributed by atoms with E-state index in [1.165, 1.54) is 0 Å². The molecule has 0 aliphatic carbocycles. The Balaban J connectivity index is 2.38. The van der Waals surface area contributed by atoms with Crippen LogP contribution in [0.15, 0.2) is 16.9 Å². The van der Waals surface area contributed by atoms with Crippen molar-refractivity contribution in [1.29, 1.82) is 0 Å². The van der Waals surface area contributed by atoms with Gasteiger partial charge in [0.25, 0.3) is 0 Å². The molecule has 1 heterocycles. The molecule has 1 aromatic rings. The maximum Gasteiger partial charge on any atom is 0.316 e. The number of hydrogen-bond acceptors (Lipinski definition) is 5. The van der Waals surface area contributed by atoms with Gasteiger partial charge in [0.1, 0.15) is 6.61 Å². The lowest BCUT2D eigenvalue weighted by Gasteiger charge is -2.16. The molecule has 1 rings (SSSR count). The predicted molar refractivity (Wildman–Crippen MR) is 62.3 cm³/mol. The Bertz CT molecular complexity index is 289. The summed E-state index contributed by atoms with van der Waals surface area (Å²) in [5.74, 6) is 0. The van der Waals surface area contributed by atoms with E-state index in [0.29, 0.717) is 19.2 Å². The Labute approximate surface area is 103 Å². The van der Waals surface area contributed by atoms with Gasteiger partial charge in [0, 0.05) is 25.6 Å². The summed E-state index contributed by atoms with van der Waals surface area (Å²) in [7, 11) is 0. The van der Waals surface area contributed by atoms with Crippen LogP contribution in [-0.2, 0) is 9.47 Å². The van der Waals surface area contributed by atoms with E-state index in [2.05, 4.69) is 25.9 Å². The van der Waals surface area contributed by atoms with Crippen LogP contribution in [0.25, 0.3) is 0 Å². The molecule has 0 bridgehead atoms. The van der Waals surface area contributed by atoms with E-state index in [9.17, 15) is 0 Å². The highest BCUT2D eigenvalue weighted by Crippen LogP contribution is 2.08. The largest absolute Gasteiger partial charge is 0.458 e. The highest BCUT2D eigenvalue weighted by Gasteiger charge is 2.09. The maximum atomic E-state index is 5.34. The summed E-state index contributed by atoms with van der Waals surface area (Å²) in [6.45, 7) is 5.25. The van der Waals surface area contributed by atoms with Crippen LogP contribution in [-0.4, -0.2) is 36.1 Å². The zero-order chi connectivity index (χ0) is 11.8. The quantitative estimate of drug-likeness (QED) is 0.719. The fourth-order valence-electron chi connectivity index (χ4n) is 1.03. The molecule has 0 atom stereocenters. The summed E-state index contributed by atoms with van der Waals surface area (Å²) in [5, 5.41) is 0. The van der Waals surface area contributed by atoms with Gasteiger partial charge in [-0.1, -0.05) is 0 Å². The first-order valence-electron chi connectivity index (χ1n) is 5.09. The molecule has 5 nitrogen and oxygen atoms in total. The summed E-state index contributed by atoms with van der Waals surface area (Å²) in [6.07, 6.45) is 2.87. The zero-order valence-corrected chi connectivity index (χ0v) is 10.9. The van der Waals surface area contributed by atoms with Crippen LogP contribution in [0.2, 0.25) is 0 Å². The molecule has 6 heteroatoms. The number of rotatable bonds is 7. The van der Waals surface area contributed by atoms with Crippen LogP contribution >= 0.6 is 15.9 Å². The van der Waals surface area contributed by atoms with E-state index >= 15 is 0 Å². The van der Waals surface area contributed by atoms with Crippen LogP contribution < -0.4 is 4.74 Å². The van der Waals surface area contributed by atoms with Crippen molar-refractivity contribution in [1.82, 2.24) is 9.97 Å². The maximum absolute atomic E-state index is 5.34. The van der Waals surface area contributed by atoms with Crippen molar-refractivity contribution >= 4 is 15.9 Å². The second kappa shape index (κ2) is 7.54. The second-order valence-corrected chi connectivity index (χ2v) is 3.75. The van der Waals surface area contributed by atoms with Gasteiger partial charge in [-0.3, -0.25) is 0 Å². The standard InChI is InChI=1S/C10H15BrN2O3/c1-3-14-9(15-4-2)7-16-10-12-5-8(11)6-13-10/h5-6,9H,3-4,7H2,1-2H3. The van der Waals surface area contributed by atoms with Gasteiger partial charge in [-0.15, -0.1) is 0 Å². The number of nitrogens with zero attached hydrogens (tertiary/aromatic N) is 2. The van der Waals surface area contributed by atoms with Gasteiger partial charge in [-0.05, 0) is 29.8 Å². The van der Waals surface area contributed by atoms with Crippen molar-refractivity contribution in [2.24, 2.45) is 0 Å². The highest BCUT2D eigenvalue weighted by molar-refractivity contribution is 9.10. The van der Waals surface area contributed by atoms with E-state index in [1.807, 2.05) is 13.8 Å². The first kappa shape index (κ1) is 13.3. The smallest absolute Gasteiger partial charge is 0.316 e. The molecular formula is C10H15BrN2O3. The molecule has 0 radical (unpaired) electrons. The number of aromatic nitrogens is 2. The molecule has 0 unspecified atom stereocenters. The fourth-order valence-corrected chi connectivity index (χ4v) is 1.24. The summed E-state index contributed by atoms with van der Waals surface area (Å²) < 4.78 is 16.8. The summed E-state index contributed by atoms with van der Waals surface area (Å²) in [5.41, 5.74) is 0. The number of ether oxygens (including phenoxy) is 3. The average molecular weight is 291 g/mol. The molecule has 90 valence electrons. The fraction of sp³-hybridized carbons (Fsp3) is 0.600. The third-order valence-electron chi connectivity index (χ3n) is 1.65. The molecular weight excluding hydrogens is 276 g/mol. The molecule has 0 aliphatic heterocycles. The molecule has 0 spiro atoms. The minimum absolute atomic E-state index is 0.281. The van der Waals surface area contributed by atoms with Gasteiger partial charge >= 0.3 is 6.01 Å². The van der Waals surface area contributed by atoms with E-state index in [-0.39, 0.29) is 12.9 Å². The minimum Gasteiger partial charge on any atom is -0.458 e. The first-order valence-corrected chi connectivity index (χ1v) is 5.89. The monoisotopic (exact) mass is 290 g/mol. The van der Waals surface area contributed by atoms with Crippen LogP contribution in [0.5, 0.6) is 6.01 Å². The molecule has 16 heavy (non-hydrogen) atoms. The molecule has 0 aromatic carbocycles. The van der Waals surface area contributed by atoms with Crippen LogP contribution in [0, 0.1) is 0 Å². The van der Waals surface area contributed by atoms with Crippen molar-refractivity contribution in [2.75, 3.05) is 19.8 Å². The van der Waals surface area contributed by atoms with Crippen molar-refractivity contribution in [3.63, 3.8) is 0 Å². The van der Waals surface area contributed by atoms with Crippen molar-refractivity contribution in [3.8, 4) is 6.01 Å². The van der Waals surface area contributed by atoms with Gasteiger partial charge in [-0.25, -0.2) is 9.97 Å². The molecule has 0 saturated heterocycles. The van der Waals surface area contributed by atoms with Crippen molar-refractivity contribution in [3.05, 3.63) is 16.9 Å². The lowest BCUT2D eigenvalue weighted by molar-refractivity contribution is -0.153. The van der Waals surface area contributed by atoms with Crippen molar-refractivity contribution < 1.29 is 14.2 Å². The first-order chi connectivity index (χ1) is 7.76. The topological polar surface area (TPSA) is 53.5 Å². The summed E-state index contributed by atoms with van der Waals surface area (Å²) >= 11 is 3.25. The Kier molecular flexibility index (Phi) is 6.29. The van der Waals surface area contributed by atoms with Crippen LogP contribution in [0.4, 0.5) is 0 Å². The summed E-state index contributed by atoms with van der Waals surface area (Å²) in [4.78, 5) is 7.96. The third kappa shape index (κ3) is 4.87. The lowest BCUT2D eigenvalue weighted by atomic mass is 10.6. The van der Waals surface area contributed by atoms with Crippen molar-refractivity contribution in [2.45, 2.75) is 20.1 Å². The molecule has 0 fully saturated rings. The Morgan fingerprint density at radius 3 is 2.25 bits per heavy atom. The van der Waals surface area contributed by atoms with Gasteiger partial charge in [0.05, 0.1) is 4.47 Å². The predicted octanol–water partition coefficient (Wildman–Crippen LogP) is 2.02. The molecule has 0 saturated carbocycles. The lowest BCUT2D eigenvalue weighted by Crippen LogP contribution is -2.25. The summed E-state index contributed by atoms with van der Waals surface area (Å²) in [6, 6.07) is 0.313. The third-order valence-corrected chi connectivity index (χ3v) is 2.06. The zero-order valence-electron chi connectivity index (χ0n) is 9.35. The molecule has 1 aromatic heterocycles.